The van der Waals surface area contributed by atoms with Crippen LogP contribution in [-0.4, -0.2) is 53.1 Å². The van der Waals surface area contributed by atoms with Gasteiger partial charge >= 0.3 is 5.97 Å². The summed E-state index contributed by atoms with van der Waals surface area (Å²) in [6.07, 6.45) is 7.10. The average Bonchev–Trinajstić information content (AvgIpc) is 2.57. The van der Waals surface area contributed by atoms with Crippen LogP contribution in [0.5, 0.6) is 0 Å². The molecule has 0 unspecified atom stereocenters. The molecule has 6 heteroatoms. The zero-order valence-corrected chi connectivity index (χ0v) is 13.9. The quantitative estimate of drug-likeness (QED) is 0.573. The molecule has 1 heterocycles. The maximum atomic E-state index is 10.6. The predicted molar refractivity (Wildman–Crippen MR) is 95.8 cm³/mol. The monoisotopic (exact) mass is 326 g/mol. The van der Waals surface area contributed by atoms with Gasteiger partial charge in [0.2, 0.25) is 0 Å². The number of nitrogens with zero attached hydrogens (tertiary/aromatic N) is 3. The van der Waals surface area contributed by atoms with E-state index in [1.165, 1.54) is 0 Å². The molecule has 0 aliphatic rings. The molecule has 0 spiro atoms. The van der Waals surface area contributed by atoms with Crippen LogP contribution in [0.25, 0.3) is 17.3 Å². The second kappa shape index (κ2) is 8.79. The SMILES string of the molecule is CN(C)CCCNc1cncc(-c2cccc(/C=C/C(=O)O)c2)n1. The molecule has 0 amide bonds. The lowest BCUT2D eigenvalue weighted by Gasteiger charge is -2.10. The van der Waals surface area contributed by atoms with Crippen molar-refractivity contribution in [2.75, 3.05) is 32.5 Å². The molecule has 0 saturated carbocycles. The van der Waals surface area contributed by atoms with Crippen molar-refractivity contribution < 1.29 is 9.90 Å². The highest BCUT2D eigenvalue weighted by molar-refractivity contribution is 5.85. The zero-order valence-electron chi connectivity index (χ0n) is 13.9. The molecule has 24 heavy (non-hydrogen) atoms. The summed E-state index contributed by atoms with van der Waals surface area (Å²) in [4.78, 5) is 21.6. The number of aromatic nitrogens is 2. The van der Waals surface area contributed by atoms with Crippen molar-refractivity contribution in [1.29, 1.82) is 0 Å². The van der Waals surface area contributed by atoms with E-state index in [9.17, 15) is 4.79 Å². The van der Waals surface area contributed by atoms with Crippen LogP contribution in [0.15, 0.2) is 42.7 Å². The number of carboxylic acids is 1. The molecule has 2 aromatic rings. The van der Waals surface area contributed by atoms with Crippen LogP contribution in [-0.2, 0) is 4.79 Å². The van der Waals surface area contributed by atoms with Crippen molar-refractivity contribution in [2.45, 2.75) is 6.42 Å². The van der Waals surface area contributed by atoms with Gasteiger partial charge in [0.05, 0.1) is 18.1 Å². The molecule has 0 fully saturated rings. The van der Waals surface area contributed by atoms with Crippen LogP contribution < -0.4 is 5.32 Å². The van der Waals surface area contributed by atoms with Crippen LogP contribution in [0.3, 0.4) is 0 Å². The number of carboxylic acid groups (broad SMARTS) is 1. The van der Waals surface area contributed by atoms with Gasteiger partial charge in [-0.3, -0.25) is 4.98 Å². The van der Waals surface area contributed by atoms with Gasteiger partial charge in [-0.05, 0) is 44.8 Å². The third-order valence-corrected chi connectivity index (χ3v) is 3.32. The topological polar surface area (TPSA) is 78.4 Å². The van der Waals surface area contributed by atoms with Gasteiger partial charge in [0.15, 0.2) is 0 Å². The van der Waals surface area contributed by atoms with Crippen LogP contribution >= 0.6 is 0 Å². The van der Waals surface area contributed by atoms with Gasteiger partial charge in [-0.1, -0.05) is 18.2 Å². The molecule has 0 atom stereocenters. The van der Waals surface area contributed by atoms with Crippen molar-refractivity contribution >= 4 is 17.9 Å². The smallest absolute Gasteiger partial charge is 0.328 e. The Kier molecular flexibility index (Phi) is 6.45. The maximum absolute atomic E-state index is 10.6. The van der Waals surface area contributed by atoms with Gasteiger partial charge in [0.1, 0.15) is 5.82 Å². The second-order valence-corrected chi connectivity index (χ2v) is 5.67. The van der Waals surface area contributed by atoms with E-state index in [1.807, 2.05) is 38.4 Å². The highest BCUT2D eigenvalue weighted by Crippen LogP contribution is 2.19. The Morgan fingerprint density at radius 1 is 1.33 bits per heavy atom. The number of aliphatic carboxylic acids is 1. The fraction of sp³-hybridized carbons (Fsp3) is 0.278. The van der Waals surface area contributed by atoms with E-state index in [4.69, 9.17) is 5.11 Å². The molecule has 1 aromatic carbocycles. The van der Waals surface area contributed by atoms with Gasteiger partial charge < -0.3 is 15.3 Å². The van der Waals surface area contributed by atoms with Gasteiger partial charge in [-0.2, -0.15) is 0 Å². The lowest BCUT2D eigenvalue weighted by Crippen LogP contribution is -2.16. The molecule has 1 aromatic heterocycles. The molecule has 0 saturated heterocycles. The largest absolute Gasteiger partial charge is 0.478 e. The van der Waals surface area contributed by atoms with E-state index < -0.39 is 5.97 Å². The Labute approximate surface area is 141 Å². The highest BCUT2D eigenvalue weighted by Gasteiger charge is 2.03. The highest BCUT2D eigenvalue weighted by atomic mass is 16.4. The third kappa shape index (κ3) is 5.81. The standard InChI is InChI=1S/C18H22N4O2/c1-22(2)10-4-9-20-17-13-19-12-16(21-17)15-6-3-5-14(11-15)7-8-18(23)24/h3,5-8,11-13H,4,9-10H2,1-2H3,(H,20,21)(H,23,24)/b8-7+. The van der Waals surface area contributed by atoms with E-state index in [0.29, 0.717) is 0 Å². The molecule has 126 valence electrons. The predicted octanol–water partition coefficient (Wildman–Crippen LogP) is 2.61. The normalized spacial score (nSPS) is 11.1. The van der Waals surface area contributed by atoms with Crippen molar-refractivity contribution in [3.8, 4) is 11.3 Å². The van der Waals surface area contributed by atoms with Gasteiger partial charge in [0.25, 0.3) is 0 Å². The van der Waals surface area contributed by atoms with E-state index in [0.717, 1.165) is 48.2 Å². The minimum absolute atomic E-state index is 0.734. The van der Waals surface area contributed by atoms with Crippen molar-refractivity contribution in [3.05, 3.63) is 48.3 Å². The van der Waals surface area contributed by atoms with Gasteiger partial charge in [0, 0.05) is 18.2 Å². The number of rotatable bonds is 8. The molecular formula is C18H22N4O2. The zero-order chi connectivity index (χ0) is 17.4. The second-order valence-electron chi connectivity index (χ2n) is 5.67. The summed E-state index contributed by atoms with van der Waals surface area (Å²) in [5, 5.41) is 12.0. The Balaban J connectivity index is 2.08. The van der Waals surface area contributed by atoms with Crippen LogP contribution in [0.2, 0.25) is 0 Å². The fourth-order valence-electron chi connectivity index (χ4n) is 2.17. The molecule has 6 nitrogen and oxygen atoms in total. The first-order chi connectivity index (χ1) is 11.5. The minimum Gasteiger partial charge on any atom is -0.478 e. The number of hydrogen-bond acceptors (Lipinski definition) is 5. The van der Waals surface area contributed by atoms with E-state index in [-0.39, 0.29) is 0 Å². The van der Waals surface area contributed by atoms with Crippen LogP contribution in [0, 0.1) is 0 Å². The maximum Gasteiger partial charge on any atom is 0.328 e. The number of hydrogen-bond donors (Lipinski definition) is 2. The summed E-state index contributed by atoms with van der Waals surface area (Å²) in [5.41, 5.74) is 2.45. The molecule has 2 rings (SSSR count). The third-order valence-electron chi connectivity index (χ3n) is 3.32. The molecule has 0 aliphatic carbocycles. The minimum atomic E-state index is -0.968. The Morgan fingerprint density at radius 2 is 2.17 bits per heavy atom. The van der Waals surface area contributed by atoms with E-state index >= 15 is 0 Å². The Morgan fingerprint density at radius 3 is 2.92 bits per heavy atom. The Hall–Kier alpha value is -2.73. The molecule has 0 bridgehead atoms. The summed E-state index contributed by atoms with van der Waals surface area (Å²) in [6.45, 7) is 1.84. The molecular weight excluding hydrogens is 304 g/mol. The molecule has 0 radical (unpaired) electrons. The summed E-state index contributed by atoms with van der Waals surface area (Å²) in [7, 11) is 4.10. The summed E-state index contributed by atoms with van der Waals surface area (Å²) >= 11 is 0. The van der Waals surface area contributed by atoms with Gasteiger partial charge in [-0.15, -0.1) is 0 Å². The number of anilines is 1. The first-order valence-electron chi connectivity index (χ1n) is 7.76. The van der Waals surface area contributed by atoms with Crippen molar-refractivity contribution in [3.63, 3.8) is 0 Å². The first kappa shape index (κ1) is 17.6. The number of carbonyl (C=O) groups is 1. The lowest BCUT2D eigenvalue weighted by molar-refractivity contribution is -0.131. The van der Waals surface area contributed by atoms with Crippen molar-refractivity contribution in [2.24, 2.45) is 0 Å². The van der Waals surface area contributed by atoms with Gasteiger partial charge in [-0.25, -0.2) is 9.78 Å². The van der Waals surface area contributed by atoms with Crippen LogP contribution in [0.4, 0.5) is 5.82 Å². The summed E-state index contributed by atoms with van der Waals surface area (Å²) in [6, 6.07) is 7.53. The fourth-order valence-corrected chi connectivity index (χ4v) is 2.17. The van der Waals surface area contributed by atoms with E-state index in [1.54, 1.807) is 18.5 Å². The van der Waals surface area contributed by atoms with Crippen LogP contribution in [0.1, 0.15) is 12.0 Å². The van der Waals surface area contributed by atoms with Crippen molar-refractivity contribution in [1.82, 2.24) is 14.9 Å². The first-order valence-corrected chi connectivity index (χ1v) is 7.76. The number of benzene rings is 1. The summed E-state index contributed by atoms with van der Waals surface area (Å²) < 4.78 is 0. The Bertz CT molecular complexity index is 714. The average molecular weight is 326 g/mol. The van der Waals surface area contributed by atoms with E-state index in [2.05, 4.69) is 20.2 Å². The molecule has 0 aliphatic heterocycles. The number of nitrogens with one attached hydrogen (secondary N) is 1. The summed E-state index contributed by atoms with van der Waals surface area (Å²) in [5.74, 6) is -0.234. The molecule has 2 N–H and O–H groups in total. The lowest BCUT2D eigenvalue weighted by atomic mass is 10.1.